The molecule has 0 spiro atoms. The van der Waals surface area contributed by atoms with Crippen LogP contribution in [-0.2, 0) is 28.6 Å². The van der Waals surface area contributed by atoms with Gasteiger partial charge >= 0.3 is 11.9 Å². The molecule has 3 heterocycles. The maximum absolute atomic E-state index is 14.4. The number of nitrogens with one attached hydrogen (secondary N) is 1. The molecule has 316 valence electrons. The molecule has 5 fully saturated rings. The largest absolute Gasteiger partial charge is 0.495 e. The maximum atomic E-state index is 14.4. The lowest BCUT2D eigenvalue weighted by Gasteiger charge is -2.56. The molecule has 0 aromatic carbocycles. The van der Waals surface area contributed by atoms with Crippen LogP contribution in [0, 0.1) is 11.8 Å². The molecule has 9 nitrogen and oxygen atoms in total. The van der Waals surface area contributed by atoms with Crippen molar-refractivity contribution in [2.24, 2.45) is 11.8 Å². The molecule has 2 aliphatic carbocycles. The zero-order valence-electron chi connectivity index (χ0n) is 37.2. The van der Waals surface area contributed by atoms with E-state index in [4.69, 9.17) is 19.0 Å². The summed E-state index contributed by atoms with van der Waals surface area (Å²) in [7, 11) is 0. The summed E-state index contributed by atoms with van der Waals surface area (Å²) in [6.07, 6.45) is 16.3. The summed E-state index contributed by atoms with van der Waals surface area (Å²) < 4.78 is 19.3. The fraction of sp³-hybridized carbons (Fsp3) is 0.913. The molecule has 2 saturated carbocycles. The van der Waals surface area contributed by atoms with Crippen molar-refractivity contribution in [2.45, 2.75) is 250 Å². The van der Waals surface area contributed by atoms with Gasteiger partial charge in [0.2, 0.25) is 0 Å². The van der Waals surface area contributed by atoms with Crippen LogP contribution < -0.4 is 5.32 Å². The first kappa shape index (κ1) is 44.4. The molecule has 0 aromatic rings. The standard InChI is InChI=1S/C46H81N3O6/c1-32(52-36-29-45(10,11)49(46(12,13)30-36)55-34-22-18-15-19-23-34)24-38(39(50)53-35-25-41(2,3)47-42(4,5)26-35)40(51)54-37-27-43(6,7)48(44(8,9)28-37)31-33-20-16-14-17-21-33/h33-38,47H,1,14-31H2,2-13H3. The van der Waals surface area contributed by atoms with E-state index in [0.717, 1.165) is 45.1 Å². The summed E-state index contributed by atoms with van der Waals surface area (Å²) in [5.74, 6) is -1.09. The molecule has 1 unspecified atom stereocenters. The van der Waals surface area contributed by atoms with Gasteiger partial charge in [-0.25, -0.2) is 0 Å². The quantitative estimate of drug-likeness (QED) is 0.118. The van der Waals surface area contributed by atoms with Crippen LogP contribution in [-0.4, -0.2) is 86.1 Å². The number of hydrogen-bond donors (Lipinski definition) is 1. The molecule has 0 amide bonds. The number of rotatable bonds is 12. The van der Waals surface area contributed by atoms with Crippen LogP contribution >= 0.6 is 0 Å². The van der Waals surface area contributed by atoms with Gasteiger partial charge in [-0.15, -0.1) is 0 Å². The van der Waals surface area contributed by atoms with Crippen molar-refractivity contribution in [1.82, 2.24) is 15.3 Å². The molecule has 0 radical (unpaired) electrons. The van der Waals surface area contributed by atoms with Gasteiger partial charge in [-0.05, 0) is 115 Å². The predicted molar refractivity (Wildman–Crippen MR) is 220 cm³/mol. The Balaban J connectivity index is 1.29. The van der Waals surface area contributed by atoms with E-state index in [-0.39, 0.29) is 64.1 Å². The van der Waals surface area contributed by atoms with Gasteiger partial charge in [0, 0.05) is 84.7 Å². The lowest BCUT2D eigenvalue weighted by atomic mass is 9.76. The zero-order valence-corrected chi connectivity index (χ0v) is 37.2. The number of hydroxylamine groups is 2. The maximum Gasteiger partial charge on any atom is 0.321 e. The average Bonchev–Trinajstić information content (AvgIpc) is 3.02. The second kappa shape index (κ2) is 16.9. The molecule has 55 heavy (non-hydrogen) atoms. The summed E-state index contributed by atoms with van der Waals surface area (Å²) in [5.41, 5.74) is -1.30. The first-order chi connectivity index (χ1) is 25.4. The average molecular weight is 772 g/mol. The Morgan fingerprint density at radius 2 is 1.00 bits per heavy atom. The van der Waals surface area contributed by atoms with Gasteiger partial charge < -0.3 is 19.5 Å². The Hall–Kier alpha value is -1.68. The number of esters is 2. The third-order valence-electron chi connectivity index (χ3n) is 13.5. The van der Waals surface area contributed by atoms with Gasteiger partial charge in [-0.2, -0.15) is 5.06 Å². The SMILES string of the molecule is C=C(CC(C(=O)OC1CC(C)(C)NC(C)(C)C1)C(=O)OC1CC(C)(C)N(CC2CCCCC2)C(C)(C)C1)OC1CC(C)(C)N(OC2CCCCC2)C(C)(C)C1. The molecule has 0 aromatic heterocycles. The van der Waals surface area contributed by atoms with Crippen molar-refractivity contribution in [2.75, 3.05) is 6.54 Å². The molecule has 1 atom stereocenters. The Morgan fingerprint density at radius 1 is 0.582 bits per heavy atom. The summed E-state index contributed by atoms with van der Waals surface area (Å²) in [6.45, 7) is 32.0. The highest BCUT2D eigenvalue weighted by atomic mass is 16.7. The van der Waals surface area contributed by atoms with Crippen LogP contribution in [0.1, 0.15) is 192 Å². The number of allylic oxidation sites excluding steroid dienone is 1. The molecule has 3 aliphatic heterocycles. The van der Waals surface area contributed by atoms with Crippen molar-refractivity contribution in [3.63, 3.8) is 0 Å². The predicted octanol–water partition coefficient (Wildman–Crippen LogP) is 9.81. The van der Waals surface area contributed by atoms with E-state index >= 15 is 0 Å². The lowest BCUT2D eigenvalue weighted by molar-refractivity contribution is -0.318. The minimum absolute atomic E-state index is 0.0301. The highest BCUT2D eigenvalue weighted by molar-refractivity contribution is 5.95. The van der Waals surface area contributed by atoms with Crippen molar-refractivity contribution >= 4 is 11.9 Å². The fourth-order valence-corrected chi connectivity index (χ4v) is 11.9. The van der Waals surface area contributed by atoms with Crippen molar-refractivity contribution < 1.29 is 28.6 Å². The minimum atomic E-state index is -1.16. The van der Waals surface area contributed by atoms with E-state index in [0.29, 0.717) is 24.5 Å². The van der Waals surface area contributed by atoms with E-state index in [1.54, 1.807) is 0 Å². The van der Waals surface area contributed by atoms with Crippen LogP contribution in [0.2, 0.25) is 0 Å². The highest BCUT2D eigenvalue weighted by Gasteiger charge is 2.50. The lowest BCUT2D eigenvalue weighted by Crippen LogP contribution is -2.63. The van der Waals surface area contributed by atoms with Crippen molar-refractivity contribution in [3.8, 4) is 0 Å². The molecule has 5 aliphatic rings. The number of nitrogens with zero attached hydrogens (tertiary/aromatic N) is 2. The Labute approximate surface area is 335 Å². The van der Waals surface area contributed by atoms with Gasteiger partial charge in [0.1, 0.15) is 18.3 Å². The topological polar surface area (TPSA) is 89.6 Å². The Bertz CT molecular complexity index is 1290. The van der Waals surface area contributed by atoms with Gasteiger partial charge in [-0.3, -0.25) is 19.3 Å². The van der Waals surface area contributed by atoms with Crippen molar-refractivity contribution in [1.29, 1.82) is 0 Å². The third kappa shape index (κ3) is 11.7. The van der Waals surface area contributed by atoms with E-state index in [2.05, 4.69) is 105 Å². The van der Waals surface area contributed by atoms with Crippen LogP contribution in [0.4, 0.5) is 0 Å². The molecule has 1 N–H and O–H groups in total. The summed E-state index contributed by atoms with van der Waals surface area (Å²) >= 11 is 0. The second-order valence-electron chi connectivity index (χ2n) is 22.3. The van der Waals surface area contributed by atoms with Gasteiger partial charge in [0.25, 0.3) is 0 Å². The van der Waals surface area contributed by atoms with Crippen LogP contribution in [0.25, 0.3) is 0 Å². The van der Waals surface area contributed by atoms with Gasteiger partial charge in [0.05, 0.1) is 11.9 Å². The monoisotopic (exact) mass is 772 g/mol. The molecular weight excluding hydrogens is 691 g/mol. The Kier molecular flexibility index (Phi) is 13.6. The minimum Gasteiger partial charge on any atom is -0.495 e. The second-order valence-corrected chi connectivity index (χ2v) is 22.3. The summed E-state index contributed by atoms with van der Waals surface area (Å²) in [4.78, 5) is 38.0. The Morgan fingerprint density at radius 3 is 1.49 bits per heavy atom. The smallest absolute Gasteiger partial charge is 0.321 e. The number of ether oxygens (including phenoxy) is 3. The first-order valence-corrected chi connectivity index (χ1v) is 22.2. The van der Waals surface area contributed by atoms with E-state index in [1.807, 2.05) is 0 Å². The molecule has 3 saturated heterocycles. The van der Waals surface area contributed by atoms with Gasteiger partial charge in [0.15, 0.2) is 5.92 Å². The number of carbonyl (C=O) groups excluding carboxylic acids is 2. The van der Waals surface area contributed by atoms with E-state index < -0.39 is 17.9 Å². The number of carbonyl (C=O) groups is 2. The van der Waals surface area contributed by atoms with E-state index in [9.17, 15) is 9.59 Å². The first-order valence-electron chi connectivity index (χ1n) is 22.2. The highest BCUT2D eigenvalue weighted by Crippen LogP contribution is 2.44. The molecular formula is C46H81N3O6. The number of likely N-dealkylation sites (tertiary alicyclic amines) is 1. The molecule has 5 rings (SSSR count). The number of hydrogen-bond acceptors (Lipinski definition) is 9. The van der Waals surface area contributed by atoms with Gasteiger partial charge in [-0.1, -0.05) is 45.1 Å². The summed E-state index contributed by atoms with van der Waals surface area (Å²) in [5, 5.41) is 5.89. The van der Waals surface area contributed by atoms with E-state index in [1.165, 1.54) is 51.4 Å². The third-order valence-corrected chi connectivity index (χ3v) is 13.5. The zero-order chi connectivity index (χ0) is 40.6. The van der Waals surface area contributed by atoms with Crippen LogP contribution in [0.5, 0.6) is 0 Å². The van der Waals surface area contributed by atoms with Crippen LogP contribution in [0.15, 0.2) is 12.3 Å². The van der Waals surface area contributed by atoms with Crippen LogP contribution in [0.3, 0.4) is 0 Å². The fourth-order valence-electron chi connectivity index (χ4n) is 11.9. The molecule has 9 heteroatoms. The normalized spacial score (nSPS) is 28.6. The number of piperidine rings is 3. The molecule has 0 bridgehead atoms. The van der Waals surface area contributed by atoms with Crippen molar-refractivity contribution in [3.05, 3.63) is 12.3 Å². The summed E-state index contributed by atoms with van der Waals surface area (Å²) in [6, 6.07) is 0.